The molecule has 0 saturated carbocycles. The summed E-state index contributed by atoms with van der Waals surface area (Å²) < 4.78 is 1.23. The summed E-state index contributed by atoms with van der Waals surface area (Å²) in [7, 11) is 0. The minimum absolute atomic E-state index is 0.00185. The number of thioether (sulfide) groups is 1. The second kappa shape index (κ2) is 7.16. The number of benzene rings is 1. The molecule has 0 aliphatic carbocycles. The van der Waals surface area contributed by atoms with Gasteiger partial charge in [-0.1, -0.05) is 12.1 Å². The van der Waals surface area contributed by atoms with Crippen LogP contribution in [0, 0.1) is 10.1 Å². The maximum atomic E-state index is 12.5. The van der Waals surface area contributed by atoms with Crippen molar-refractivity contribution in [2.75, 3.05) is 11.5 Å². The van der Waals surface area contributed by atoms with E-state index in [4.69, 9.17) is 0 Å². The van der Waals surface area contributed by atoms with Gasteiger partial charge in [-0.3, -0.25) is 14.9 Å². The number of nitro groups is 1. The number of hydrogen-bond donors (Lipinski definition) is 2. The SMILES string of the molecule is O=C(NC1(C(=O)O)CCSCC1)c1ccn(-c2ccccc2[N+](=O)[O-])n1. The topological polar surface area (TPSA) is 127 Å². The highest BCUT2D eigenvalue weighted by atomic mass is 32.2. The average molecular weight is 376 g/mol. The first-order chi connectivity index (χ1) is 12.4. The molecule has 1 fully saturated rings. The molecule has 0 bridgehead atoms. The molecule has 0 spiro atoms. The number of aromatic nitrogens is 2. The number of hydrogen-bond acceptors (Lipinski definition) is 6. The third-order valence-electron chi connectivity index (χ3n) is 4.26. The van der Waals surface area contributed by atoms with Gasteiger partial charge in [0, 0.05) is 12.3 Å². The van der Waals surface area contributed by atoms with Crippen molar-refractivity contribution >= 4 is 29.3 Å². The lowest BCUT2D eigenvalue weighted by Gasteiger charge is -2.33. The van der Waals surface area contributed by atoms with E-state index in [1.54, 1.807) is 17.8 Å². The van der Waals surface area contributed by atoms with Gasteiger partial charge in [-0.15, -0.1) is 0 Å². The van der Waals surface area contributed by atoms with Gasteiger partial charge in [0.1, 0.15) is 11.2 Å². The Bertz CT molecular complexity index is 860. The zero-order chi connectivity index (χ0) is 18.7. The molecule has 0 unspecified atom stereocenters. The van der Waals surface area contributed by atoms with Crippen LogP contribution in [0.2, 0.25) is 0 Å². The van der Waals surface area contributed by atoms with Gasteiger partial charge in [0.2, 0.25) is 0 Å². The Morgan fingerprint density at radius 3 is 2.62 bits per heavy atom. The summed E-state index contributed by atoms with van der Waals surface area (Å²) in [6, 6.07) is 7.43. The Morgan fingerprint density at radius 2 is 1.96 bits per heavy atom. The zero-order valence-electron chi connectivity index (χ0n) is 13.6. The van der Waals surface area contributed by atoms with Crippen molar-refractivity contribution in [1.29, 1.82) is 0 Å². The van der Waals surface area contributed by atoms with Crippen LogP contribution < -0.4 is 5.32 Å². The normalized spacial score (nSPS) is 16.0. The van der Waals surface area contributed by atoms with Crippen LogP contribution in [-0.2, 0) is 4.79 Å². The molecule has 26 heavy (non-hydrogen) atoms. The standard InChI is InChI=1S/C16H16N4O5S/c21-14(17-16(15(22)23)6-9-26-10-7-16)11-5-8-19(18-11)12-3-1-2-4-13(12)20(24)25/h1-5,8H,6-7,9-10H2,(H,17,21)(H,22,23). The maximum Gasteiger partial charge on any atom is 0.329 e. The second-order valence-corrected chi connectivity index (χ2v) is 7.07. The Balaban J connectivity index is 1.85. The third kappa shape index (κ3) is 3.40. The Hall–Kier alpha value is -2.88. The molecular weight excluding hydrogens is 360 g/mol. The smallest absolute Gasteiger partial charge is 0.329 e. The van der Waals surface area contributed by atoms with Gasteiger partial charge in [0.15, 0.2) is 5.69 Å². The van der Waals surface area contributed by atoms with E-state index in [-0.39, 0.29) is 17.1 Å². The largest absolute Gasteiger partial charge is 0.480 e. The predicted molar refractivity (Wildman–Crippen MR) is 94.6 cm³/mol. The Morgan fingerprint density at radius 1 is 1.27 bits per heavy atom. The molecule has 0 radical (unpaired) electrons. The first-order valence-corrected chi connectivity index (χ1v) is 9.01. The highest BCUT2D eigenvalue weighted by Crippen LogP contribution is 2.28. The number of rotatable bonds is 5. The van der Waals surface area contributed by atoms with E-state index in [1.165, 1.54) is 35.1 Å². The molecule has 10 heteroatoms. The molecule has 1 aromatic heterocycles. The number of nitrogens with one attached hydrogen (secondary N) is 1. The van der Waals surface area contributed by atoms with Crippen molar-refractivity contribution in [1.82, 2.24) is 15.1 Å². The quantitative estimate of drug-likeness (QED) is 0.602. The predicted octanol–water partition coefficient (Wildman–Crippen LogP) is 1.86. The van der Waals surface area contributed by atoms with Gasteiger partial charge >= 0.3 is 5.97 Å². The molecule has 0 atom stereocenters. The van der Waals surface area contributed by atoms with E-state index < -0.39 is 22.3 Å². The van der Waals surface area contributed by atoms with Crippen molar-refractivity contribution in [2.45, 2.75) is 18.4 Å². The van der Waals surface area contributed by atoms with E-state index in [9.17, 15) is 24.8 Å². The van der Waals surface area contributed by atoms with Crippen LogP contribution in [0.4, 0.5) is 5.69 Å². The number of aliphatic carboxylic acids is 1. The summed E-state index contributed by atoms with van der Waals surface area (Å²) >= 11 is 1.64. The van der Waals surface area contributed by atoms with Gasteiger partial charge in [0.25, 0.3) is 11.6 Å². The summed E-state index contributed by atoms with van der Waals surface area (Å²) in [4.78, 5) is 34.8. The first kappa shape index (κ1) is 17.9. The average Bonchev–Trinajstić information content (AvgIpc) is 3.12. The fourth-order valence-corrected chi connectivity index (χ4v) is 3.97. The van der Waals surface area contributed by atoms with Crippen LogP contribution in [0.3, 0.4) is 0 Å². The molecule has 2 N–H and O–H groups in total. The van der Waals surface area contributed by atoms with Crippen molar-refractivity contribution in [3.05, 3.63) is 52.3 Å². The van der Waals surface area contributed by atoms with Crippen molar-refractivity contribution in [2.24, 2.45) is 0 Å². The zero-order valence-corrected chi connectivity index (χ0v) is 14.4. The van der Waals surface area contributed by atoms with E-state index >= 15 is 0 Å². The van der Waals surface area contributed by atoms with Gasteiger partial charge in [-0.2, -0.15) is 16.9 Å². The van der Waals surface area contributed by atoms with Gasteiger partial charge in [-0.25, -0.2) is 9.48 Å². The number of nitro benzene ring substituents is 1. The summed E-state index contributed by atoms with van der Waals surface area (Å²) in [5, 5.41) is 27.3. The molecule has 1 aliphatic heterocycles. The fourth-order valence-electron chi connectivity index (χ4n) is 2.79. The third-order valence-corrected chi connectivity index (χ3v) is 5.24. The van der Waals surface area contributed by atoms with Crippen LogP contribution in [-0.4, -0.2) is 48.7 Å². The highest BCUT2D eigenvalue weighted by Gasteiger charge is 2.41. The van der Waals surface area contributed by atoms with Crippen LogP contribution in [0.1, 0.15) is 23.3 Å². The molecule has 2 aromatic rings. The summed E-state index contributed by atoms with van der Waals surface area (Å²) in [6.07, 6.45) is 2.11. The van der Waals surface area contributed by atoms with Crippen LogP contribution >= 0.6 is 11.8 Å². The molecule has 1 aromatic carbocycles. The minimum atomic E-state index is -1.30. The maximum absolute atomic E-state index is 12.5. The van der Waals surface area contributed by atoms with E-state index in [0.29, 0.717) is 24.3 Å². The van der Waals surface area contributed by atoms with Crippen molar-refractivity contribution in [3.8, 4) is 5.69 Å². The second-order valence-electron chi connectivity index (χ2n) is 5.85. The lowest BCUT2D eigenvalue weighted by Crippen LogP contribution is -2.56. The monoisotopic (exact) mass is 376 g/mol. The summed E-state index contributed by atoms with van der Waals surface area (Å²) in [6.45, 7) is 0. The number of carboxylic acid groups (broad SMARTS) is 1. The number of amides is 1. The van der Waals surface area contributed by atoms with E-state index in [2.05, 4.69) is 10.4 Å². The minimum Gasteiger partial charge on any atom is -0.480 e. The lowest BCUT2D eigenvalue weighted by molar-refractivity contribution is -0.384. The summed E-state index contributed by atoms with van der Waals surface area (Å²) in [5.41, 5.74) is -1.22. The van der Waals surface area contributed by atoms with Crippen LogP contribution in [0.25, 0.3) is 5.69 Å². The van der Waals surface area contributed by atoms with Crippen molar-refractivity contribution < 1.29 is 19.6 Å². The molecule has 1 aliphatic rings. The van der Waals surface area contributed by atoms with Crippen molar-refractivity contribution in [3.63, 3.8) is 0 Å². The van der Waals surface area contributed by atoms with E-state index in [0.717, 1.165) is 0 Å². The number of carbonyl (C=O) groups is 2. The number of carboxylic acids is 1. The fraction of sp³-hybridized carbons (Fsp3) is 0.312. The molecule has 1 amide bonds. The summed E-state index contributed by atoms with van der Waals surface area (Å²) in [5.74, 6) is -0.380. The molecule has 3 rings (SSSR count). The van der Waals surface area contributed by atoms with Gasteiger partial charge in [0.05, 0.1) is 4.92 Å². The lowest BCUT2D eigenvalue weighted by atomic mass is 9.92. The highest BCUT2D eigenvalue weighted by molar-refractivity contribution is 7.99. The Kier molecular flexibility index (Phi) is 4.94. The molecule has 9 nitrogen and oxygen atoms in total. The van der Waals surface area contributed by atoms with E-state index in [1.807, 2.05) is 0 Å². The van der Waals surface area contributed by atoms with Crippen LogP contribution in [0.15, 0.2) is 36.5 Å². The Labute approximate surface area is 152 Å². The van der Waals surface area contributed by atoms with Crippen LogP contribution in [0.5, 0.6) is 0 Å². The molecule has 2 heterocycles. The molecular formula is C16H16N4O5S. The van der Waals surface area contributed by atoms with Gasteiger partial charge < -0.3 is 10.4 Å². The number of nitrogens with zero attached hydrogens (tertiary/aromatic N) is 3. The number of para-hydroxylation sites is 2. The molecule has 1 saturated heterocycles. The molecule has 136 valence electrons. The first-order valence-electron chi connectivity index (χ1n) is 7.86. The number of carbonyl (C=O) groups excluding carboxylic acids is 1. The van der Waals surface area contributed by atoms with Gasteiger partial charge in [-0.05, 0) is 36.5 Å².